The molecule has 0 saturated heterocycles. The van der Waals surface area contributed by atoms with E-state index in [2.05, 4.69) is 12.2 Å². The number of aliphatic hydroxyl groups excluding tert-OH is 4. The highest BCUT2D eigenvalue weighted by atomic mass is 16.3. The van der Waals surface area contributed by atoms with Crippen LogP contribution in [0.1, 0.15) is 60.8 Å². The second kappa shape index (κ2) is 24.5. The van der Waals surface area contributed by atoms with Crippen LogP contribution in [0.4, 0.5) is 0 Å². The number of ketones is 1. The van der Waals surface area contributed by atoms with Gasteiger partial charge in [-0.25, -0.2) is 0 Å². The third kappa shape index (κ3) is 19.9. The van der Waals surface area contributed by atoms with Gasteiger partial charge >= 0.3 is 0 Å². The molecule has 0 aliphatic heterocycles. The molecule has 0 aromatic carbocycles. The summed E-state index contributed by atoms with van der Waals surface area (Å²) in [5.41, 5.74) is 0.729. The highest BCUT2D eigenvalue weighted by Crippen LogP contribution is 2.19. The predicted octanol–water partition coefficient (Wildman–Crippen LogP) is 7.07. The lowest BCUT2D eigenvalue weighted by Gasteiger charge is -2.25. The van der Waals surface area contributed by atoms with E-state index in [4.69, 9.17) is 0 Å². The Morgan fingerprint density at radius 1 is 0.595 bits per heavy atom. The maximum absolute atomic E-state index is 11.2. The van der Waals surface area contributed by atoms with E-state index in [1.165, 1.54) is 0 Å². The molecule has 0 spiro atoms. The van der Waals surface area contributed by atoms with Crippen LogP contribution < -0.4 is 0 Å². The minimum Gasteiger partial charge on any atom is -0.393 e. The smallest absolute Gasteiger partial charge is 0.155 e. The Labute approximate surface area is 254 Å². The molecular formula is C37H54O5. The molecule has 0 aliphatic carbocycles. The Morgan fingerprint density at radius 3 is 1.67 bits per heavy atom. The Morgan fingerprint density at radius 2 is 1.10 bits per heavy atom. The Hall–Kier alpha value is -3.09. The lowest BCUT2D eigenvalue weighted by molar-refractivity contribution is -0.113. The summed E-state index contributed by atoms with van der Waals surface area (Å²) in [6.07, 6.45) is 35.6. The highest BCUT2D eigenvalue weighted by Gasteiger charge is 2.24. The summed E-state index contributed by atoms with van der Waals surface area (Å²) in [7, 11) is 0. The summed E-state index contributed by atoms with van der Waals surface area (Å²) in [5.74, 6) is -0.475. The monoisotopic (exact) mass is 578 g/mol. The Bertz CT molecular complexity index is 1030. The number of rotatable bonds is 20. The molecule has 5 heteroatoms. The quantitative estimate of drug-likeness (QED) is 0.0536. The zero-order valence-electron chi connectivity index (χ0n) is 26.3. The summed E-state index contributed by atoms with van der Waals surface area (Å²) < 4.78 is 0. The van der Waals surface area contributed by atoms with Crippen LogP contribution in [0.2, 0.25) is 0 Å². The highest BCUT2D eigenvalue weighted by molar-refractivity contribution is 5.92. The summed E-state index contributed by atoms with van der Waals surface area (Å²) in [6.45, 7) is 10.7. The first-order valence-corrected chi connectivity index (χ1v) is 14.9. The lowest BCUT2D eigenvalue weighted by Crippen LogP contribution is -2.32. The second-order valence-corrected chi connectivity index (χ2v) is 10.7. The number of Topliss-reactive ketones (excluding diaryl/α,β-unsaturated/α-hetero) is 1. The standard InChI is InChI=1S/C37H54O5/c1-29(33(5)38)25-21-17-13-12-14-18-22-26-30(2)37(42)32(4)36(41)28-24-20-16-11-9-7-8-10-15-19-23-27-35(40)31(3)34(6)39/h7-13,15-17,19-26,28,30-32,34-37,39-42H,14,18,27H2,1-6H3/b8-7+,11-9+,13-12+,15-10+,20-16+,21-17+,23-19+,26-22+,28-24+,29-25+. The van der Waals surface area contributed by atoms with E-state index >= 15 is 0 Å². The fraction of sp³-hybridized carbons (Fsp3) is 0.432. The largest absolute Gasteiger partial charge is 0.393 e. The molecule has 0 aromatic rings. The number of allylic oxidation sites excluding steroid dienone is 17. The SMILES string of the molecule is CC(=O)/C(C)=C/C=C/C=C/CC/C=C/C(C)C(O)C(C)C(O)/C=C/C=C/C=C/C=C/C=C/C=C/CC(O)C(C)C(C)O. The lowest BCUT2D eigenvalue weighted by atomic mass is 9.88. The molecule has 232 valence electrons. The molecule has 0 saturated carbocycles. The van der Waals surface area contributed by atoms with Gasteiger partial charge in [0.25, 0.3) is 0 Å². The first kappa shape index (κ1) is 38.9. The molecule has 0 aromatic heterocycles. The van der Waals surface area contributed by atoms with Gasteiger partial charge in [0.15, 0.2) is 5.78 Å². The van der Waals surface area contributed by atoms with Crippen molar-refractivity contribution in [2.45, 2.75) is 85.2 Å². The van der Waals surface area contributed by atoms with E-state index in [0.717, 1.165) is 18.4 Å². The maximum Gasteiger partial charge on any atom is 0.155 e. The van der Waals surface area contributed by atoms with E-state index < -0.39 is 24.4 Å². The van der Waals surface area contributed by atoms with E-state index in [0.29, 0.717) is 6.42 Å². The molecule has 7 atom stereocenters. The van der Waals surface area contributed by atoms with Crippen molar-refractivity contribution < 1.29 is 25.2 Å². The zero-order valence-corrected chi connectivity index (χ0v) is 26.3. The van der Waals surface area contributed by atoms with Crippen LogP contribution in [0.3, 0.4) is 0 Å². The molecule has 0 bridgehead atoms. The first-order chi connectivity index (χ1) is 20.0. The second-order valence-electron chi connectivity index (χ2n) is 10.7. The van der Waals surface area contributed by atoms with Gasteiger partial charge in [-0.3, -0.25) is 4.79 Å². The summed E-state index contributed by atoms with van der Waals surface area (Å²) in [6, 6.07) is 0. The van der Waals surface area contributed by atoms with Crippen molar-refractivity contribution in [3.63, 3.8) is 0 Å². The van der Waals surface area contributed by atoms with Gasteiger partial charge in [0, 0.05) is 17.8 Å². The summed E-state index contributed by atoms with van der Waals surface area (Å²) in [4.78, 5) is 11.2. The molecule has 7 unspecified atom stereocenters. The molecule has 0 amide bonds. The zero-order chi connectivity index (χ0) is 31.8. The Kier molecular flexibility index (Phi) is 22.7. The van der Waals surface area contributed by atoms with Gasteiger partial charge in [-0.1, -0.05) is 136 Å². The van der Waals surface area contributed by atoms with Crippen molar-refractivity contribution in [2.75, 3.05) is 0 Å². The minimum atomic E-state index is -0.755. The number of carbonyl (C=O) groups is 1. The topological polar surface area (TPSA) is 98.0 Å². The number of hydrogen-bond donors (Lipinski definition) is 4. The number of unbranched alkanes of at least 4 members (excludes halogenated alkanes) is 1. The van der Waals surface area contributed by atoms with Crippen LogP contribution in [0.25, 0.3) is 0 Å². The van der Waals surface area contributed by atoms with Gasteiger partial charge in [0.1, 0.15) is 0 Å². The van der Waals surface area contributed by atoms with Gasteiger partial charge < -0.3 is 20.4 Å². The number of hydrogen-bond acceptors (Lipinski definition) is 5. The molecular weight excluding hydrogens is 524 g/mol. The summed E-state index contributed by atoms with van der Waals surface area (Å²) >= 11 is 0. The first-order valence-electron chi connectivity index (χ1n) is 14.9. The van der Waals surface area contributed by atoms with Crippen LogP contribution in [-0.2, 0) is 4.79 Å². The Balaban J connectivity index is 4.37. The molecule has 0 heterocycles. The van der Waals surface area contributed by atoms with Gasteiger partial charge in [-0.2, -0.15) is 0 Å². The van der Waals surface area contributed by atoms with Gasteiger partial charge in [0.05, 0.1) is 24.4 Å². The molecule has 0 rings (SSSR count). The maximum atomic E-state index is 11.2. The van der Waals surface area contributed by atoms with Crippen molar-refractivity contribution in [2.24, 2.45) is 17.8 Å². The van der Waals surface area contributed by atoms with Crippen molar-refractivity contribution >= 4 is 5.78 Å². The fourth-order valence-corrected chi connectivity index (χ4v) is 3.55. The van der Waals surface area contributed by atoms with Gasteiger partial charge in [-0.05, 0) is 45.6 Å². The average Bonchev–Trinajstić information content (AvgIpc) is 2.96. The molecule has 4 N–H and O–H groups in total. The third-order valence-corrected chi connectivity index (χ3v) is 7.01. The van der Waals surface area contributed by atoms with Crippen LogP contribution >= 0.6 is 0 Å². The minimum absolute atomic E-state index is 0.0715. The molecule has 0 fully saturated rings. The third-order valence-electron chi connectivity index (χ3n) is 7.01. The van der Waals surface area contributed by atoms with E-state index in [1.54, 1.807) is 39.0 Å². The van der Waals surface area contributed by atoms with Crippen LogP contribution in [0.15, 0.2) is 121 Å². The van der Waals surface area contributed by atoms with Crippen LogP contribution in [-0.4, -0.2) is 50.6 Å². The van der Waals surface area contributed by atoms with Gasteiger partial charge in [-0.15, -0.1) is 0 Å². The van der Waals surface area contributed by atoms with Crippen molar-refractivity contribution in [3.05, 3.63) is 121 Å². The van der Waals surface area contributed by atoms with Crippen molar-refractivity contribution in [1.29, 1.82) is 0 Å². The van der Waals surface area contributed by atoms with Gasteiger partial charge in [0.2, 0.25) is 0 Å². The molecule has 0 radical (unpaired) electrons. The summed E-state index contributed by atoms with van der Waals surface area (Å²) in [5, 5.41) is 40.5. The van der Waals surface area contributed by atoms with Crippen molar-refractivity contribution in [1.82, 2.24) is 0 Å². The normalized spacial score (nSPS) is 19.1. The van der Waals surface area contributed by atoms with E-state index in [-0.39, 0.29) is 23.5 Å². The number of aliphatic hydroxyl groups is 4. The van der Waals surface area contributed by atoms with E-state index in [1.807, 2.05) is 106 Å². The molecule has 5 nitrogen and oxygen atoms in total. The average molecular weight is 579 g/mol. The molecule has 0 aliphatic rings. The van der Waals surface area contributed by atoms with Crippen LogP contribution in [0.5, 0.6) is 0 Å². The van der Waals surface area contributed by atoms with E-state index in [9.17, 15) is 25.2 Å². The van der Waals surface area contributed by atoms with Crippen LogP contribution in [0, 0.1) is 17.8 Å². The molecule has 42 heavy (non-hydrogen) atoms. The fourth-order valence-electron chi connectivity index (χ4n) is 3.55. The predicted molar refractivity (Wildman–Crippen MR) is 178 cm³/mol. The number of carbonyl (C=O) groups excluding carboxylic acids is 1. The van der Waals surface area contributed by atoms with Crippen molar-refractivity contribution in [3.8, 4) is 0 Å².